The van der Waals surface area contributed by atoms with Crippen LogP contribution >= 0.6 is 12.4 Å². The number of nitrogens with zero attached hydrogens (tertiary/aromatic N) is 2. The number of ether oxygens (including phenoxy) is 1. The molecular formula is C17H24ClN3O4. The van der Waals surface area contributed by atoms with E-state index >= 15 is 0 Å². The van der Waals surface area contributed by atoms with Crippen molar-refractivity contribution in [2.45, 2.75) is 37.3 Å². The molecule has 1 unspecified atom stereocenters. The van der Waals surface area contributed by atoms with Gasteiger partial charge in [-0.15, -0.1) is 12.4 Å². The zero-order valence-corrected chi connectivity index (χ0v) is 14.9. The van der Waals surface area contributed by atoms with Gasteiger partial charge in [-0.05, 0) is 38.1 Å². The Morgan fingerprint density at radius 3 is 2.88 bits per heavy atom. The number of amides is 2. The fourth-order valence-electron chi connectivity index (χ4n) is 4.05. The lowest BCUT2D eigenvalue weighted by Gasteiger charge is -2.31. The van der Waals surface area contributed by atoms with Gasteiger partial charge in [0.2, 0.25) is 5.91 Å². The van der Waals surface area contributed by atoms with E-state index in [1.54, 1.807) is 11.2 Å². The third kappa shape index (κ3) is 3.48. The highest BCUT2D eigenvalue weighted by molar-refractivity contribution is 5.85. The molecule has 1 aromatic rings. The summed E-state index contributed by atoms with van der Waals surface area (Å²) < 4.78 is 11.1. The van der Waals surface area contributed by atoms with Crippen molar-refractivity contribution in [3.8, 4) is 0 Å². The molecule has 0 radical (unpaired) electrons. The number of carbonyl (C=O) groups is 2. The molecule has 3 aliphatic rings. The molecule has 1 atom stereocenters. The molecule has 1 aromatic heterocycles. The first-order valence-corrected chi connectivity index (χ1v) is 8.68. The molecule has 0 bridgehead atoms. The van der Waals surface area contributed by atoms with Gasteiger partial charge in [-0.25, -0.2) is 4.79 Å². The van der Waals surface area contributed by atoms with Crippen molar-refractivity contribution >= 4 is 24.4 Å². The number of hydrogen-bond donors (Lipinski definition) is 1. The molecule has 25 heavy (non-hydrogen) atoms. The second-order valence-corrected chi connectivity index (χ2v) is 6.92. The van der Waals surface area contributed by atoms with E-state index in [0.29, 0.717) is 13.1 Å². The van der Waals surface area contributed by atoms with Gasteiger partial charge in [-0.1, -0.05) is 0 Å². The minimum Gasteiger partial charge on any atom is -0.467 e. The van der Waals surface area contributed by atoms with E-state index in [1.165, 1.54) is 0 Å². The molecule has 4 heterocycles. The summed E-state index contributed by atoms with van der Waals surface area (Å²) in [7, 11) is 0. The van der Waals surface area contributed by atoms with Crippen molar-refractivity contribution in [1.29, 1.82) is 0 Å². The summed E-state index contributed by atoms with van der Waals surface area (Å²) in [6.45, 7) is 3.01. The Hall–Kier alpha value is -1.73. The highest BCUT2D eigenvalue weighted by Crippen LogP contribution is 2.34. The highest BCUT2D eigenvalue weighted by atomic mass is 35.5. The van der Waals surface area contributed by atoms with Crippen LogP contribution in [-0.2, 0) is 9.53 Å². The molecule has 3 saturated heterocycles. The molecule has 0 saturated carbocycles. The number of likely N-dealkylation sites (tertiary alicyclic amines) is 1. The van der Waals surface area contributed by atoms with Crippen LogP contribution in [0.4, 0.5) is 4.79 Å². The monoisotopic (exact) mass is 369 g/mol. The van der Waals surface area contributed by atoms with Gasteiger partial charge in [0.15, 0.2) is 0 Å². The average Bonchev–Trinajstić information content (AvgIpc) is 3.29. The number of furan rings is 1. The van der Waals surface area contributed by atoms with Gasteiger partial charge in [0.25, 0.3) is 0 Å². The van der Waals surface area contributed by atoms with Crippen LogP contribution in [-0.4, -0.2) is 60.1 Å². The molecule has 8 heteroatoms. The molecule has 2 amide bonds. The Labute approximate surface area is 153 Å². The van der Waals surface area contributed by atoms with Crippen molar-refractivity contribution in [2.24, 2.45) is 0 Å². The summed E-state index contributed by atoms with van der Waals surface area (Å²) in [5.74, 6) is 0.788. The third-order valence-electron chi connectivity index (χ3n) is 5.33. The van der Waals surface area contributed by atoms with Crippen LogP contribution in [0.1, 0.15) is 37.5 Å². The molecule has 1 N–H and O–H groups in total. The molecule has 1 spiro atoms. The predicted molar refractivity (Wildman–Crippen MR) is 92.5 cm³/mol. The van der Waals surface area contributed by atoms with Crippen LogP contribution in [0.15, 0.2) is 22.8 Å². The van der Waals surface area contributed by atoms with Gasteiger partial charge < -0.3 is 19.4 Å². The zero-order valence-electron chi connectivity index (χ0n) is 14.1. The molecule has 3 fully saturated rings. The second-order valence-electron chi connectivity index (χ2n) is 6.92. The summed E-state index contributed by atoms with van der Waals surface area (Å²) in [6.07, 6.45) is 4.74. The normalized spacial score (nSPS) is 25.1. The zero-order chi connectivity index (χ0) is 16.6. The molecule has 7 nitrogen and oxygen atoms in total. The first kappa shape index (κ1) is 18.1. The number of nitrogens with one attached hydrogen (secondary N) is 1. The van der Waals surface area contributed by atoms with E-state index in [1.807, 2.05) is 17.0 Å². The fourth-order valence-corrected chi connectivity index (χ4v) is 4.05. The van der Waals surface area contributed by atoms with Crippen molar-refractivity contribution in [3.05, 3.63) is 24.2 Å². The fraction of sp³-hybridized carbons (Fsp3) is 0.647. The topological polar surface area (TPSA) is 75.0 Å². The lowest BCUT2D eigenvalue weighted by atomic mass is 9.92. The van der Waals surface area contributed by atoms with E-state index in [0.717, 1.165) is 44.5 Å². The number of rotatable bonds is 3. The maximum atomic E-state index is 12.7. The van der Waals surface area contributed by atoms with Crippen LogP contribution < -0.4 is 5.32 Å². The largest absolute Gasteiger partial charge is 0.467 e. The average molecular weight is 370 g/mol. The first-order valence-electron chi connectivity index (χ1n) is 8.68. The number of carbonyl (C=O) groups excluding carboxylic acids is 2. The molecule has 0 aromatic carbocycles. The SMILES string of the molecule is Cl.O=C1OC2(CCNCC2)CN1CC(=O)N1CCCC1c1ccco1. The number of piperidine rings is 1. The smallest absolute Gasteiger partial charge is 0.410 e. The van der Waals surface area contributed by atoms with E-state index < -0.39 is 5.60 Å². The Kier molecular flexibility index (Phi) is 5.24. The van der Waals surface area contributed by atoms with E-state index in [-0.39, 0.29) is 37.0 Å². The quantitative estimate of drug-likeness (QED) is 0.881. The molecule has 0 aliphatic carbocycles. The van der Waals surface area contributed by atoms with E-state index in [2.05, 4.69) is 5.32 Å². The molecule has 138 valence electrons. The summed E-state index contributed by atoms with van der Waals surface area (Å²) in [5, 5.41) is 3.28. The van der Waals surface area contributed by atoms with Crippen molar-refractivity contribution in [2.75, 3.05) is 32.7 Å². The Bertz CT molecular complexity index is 615. The van der Waals surface area contributed by atoms with Crippen molar-refractivity contribution in [1.82, 2.24) is 15.1 Å². The van der Waals surface area contributed by atoms with Gasteiger partial charge in [-0.2, -0.15) is 0 Å². The van der Waals surface area contributed by atoms with Crippen molar-refractivity contribution < 1.29 is 18.7 Å². The molecule has 3 aliphatic heterocycles. The van der Waals surface area contributed by atoms with Crippen LogP contribution in [0.2, 0.25) is 0 Å². The Balaban J connectivity index is 0.00000182. The van der Waals surface area contributed by atoms with Gasteiger partial charge in [0.05, 0.1) is 18.8 Å². The second kappa shape index (κ2) is 7.25. The van der Waals surface area contributed by atoms with Gasteiger partial charge in [-0.3, -0.25) is 9.69 Å². The first-order chi connectivity index (χ1) is 11.7. The minimum atomic E-state index is -0.409. The summed E-state index contributed by atoms with van der Waals surface area (Å²) >= 11 is 0. The number of hydrogen-bond acceptors (Lipinski definition) is 5. The lowest BCUT2D eigenvalue weighted by molar-refractivity contribution is -0.133. The van der Waals surface area contributed by atoms with Crippen LogP contribution in [0.25, 0.3) is 0 Å². The van der Waals surface area contributed by atoms with Crippen LogP contribution in [0, 0.1) is 0 Å². The van der Waals surface area contributed by atoms with E-state index in [4.69, 9.17) is 9.15 Å². The predicted octanol–water partition coefficient (Wildman–Crippen LogP) is 1.94. The minimum absolute atomic E-state index is 0. The summed E-state index contributed by atoms with van der Waals surface area (Å²) in [6, 6.07) is 3.73. The lowest BCUT2D eigenvalue weighted by Crippen LogP contribution is -2.46. The van der Waals surface area contributed by atoms with Crippen LogP contribution in [0.3, 0.4) is 0 Å². The van der Waals surface area contributed by atoms with Gasteiger partial charge in [0.1, 0.15) is 17.9 Å². The van der Waals surface area contributed by atoms with Crippen LogP contribution in [0.5, 0.6) is 0 Å². The van der Waals surface area contributed by atoms with Crippen molar-refractivity contribution in [3.63, 3.8) is 0 Å². The Morgan fingerprint density at radius 2 is 2.16 bits per heavy atom. The van der Waals surface area contributed by atoms with Gasteiger partial charge >= 0.3 is 6.09 Å². The maximum absolute atomic E-state index is 12.7. The highest BCUT2D eigenvalue weighted by Gasteiger charge is 2.46. The number of halogens is 1. The standard InChI is InChI=1S/C17H23N3O4.ClH/c21-15(20-9-1-3-13(20)14-4-2-10-23-14)11-19-12-17(24-16(19)22)5-7-18-8-6-17;/h2,4,10,13,18H,1,3,5-9,11-12H2;1H. The van der Waals surface area contributed by atoms with E-state index in [9.17, 15) is 9.59 Å². The summed E-state index contributed by atoms with van der Waals surface area (Å²) in [4.78, 5) is 28.3. The van der Waals surface area contributed by atoms with Gasteiger partial charge in [0, 0.05) is 19.4 Å². The molecule has 4 rings (SSSR count). The summed E-state index contributed by atoms with van der Waals surface area (Å²) in [5.41, 5.74) is -0.409. The Morgan fingerprint density at radius 1 is 1.36 bits per heavy atom. The molecular weight excluding hydrogens is 346 g/mol. The third-order valence-corrected chi connectivity index (χ3v) is 5.33. The maximum Gasteiger partial charge on any atom is 0.410 e.